The average Bonchev–Trinajstić information content (AvgIpc) is 2.45. The highest BCUT2D eigenvalue weighted by molar-refractivity contribution is 5.77. The molecule has 0 bridgehead atoms. The fraction of sp³-hybridized carbons (Fsp3) is 0.583. The van der Waals surface area contributed by atoms with Gasteiger partial charge in [-0.2, -0.15) is 13.9 Å². The number of rotatable bonds is 7. The monoisotopic (exact) mass is 325 g/mol. The zero-order valence-corrected chi connectivity index (χ0v) is 12.1. The van der Waals surface area contributed by atoms with Crippen LogP contribution in [0, 0.1) is 6.92 Å². The van der Waals surface area contributed by atoms with E-state index in [1.807, 2.05) is 0 Å². The zero-order valence-electron chi connectivity index (χ0n) is 12.1. The average molecular weight is 325 g/mol. The smallest absolute Gasteiger partial charge is 0.340 e. The fourth-order valence-corrected chi connectivity index (χ4v) is 1.35. The van der Waals surface area contributed by atoms with Gasteiger partial charge in [0.15, 0.2) is 6.61 Å². The van der Waals surface area contributed by atoms with Crippen LogP contribution in [0.25, 0.3) is 0 Å². The first-order chi connectivity index (χ1) is 10.2. The van der Waals surface area contributed by atoms with Gasteiger partial charge in [-0.15, -0.1) is 5.10 Å². The highest BCUT2D eigenvalue weighted by Crippen LogP contribution is 2.24. The number of hydrogen-bond donors (Lipinski definition) is 0. The summed E-state index contributed by atoms with van der Waals surface area (Å²) < 4.78 is 54.1. The van der Waals surface area contributed by atoms with Gasteiger partial charge in [-0.1, -0.05) is 0 Å². The van der Waals surface area contributed by atoms with Crippen LogP contribution in [0.1, 0.15) is 11.3 Å². The summed E-state index contributed by atoms with van der Waals surface area (Å²) in [6.45, 7) is -0.0383. The number of carbonyl (C=O) groups is 1. The summed E-state index contributed by atoms with van der Waals surface area (Å²) in [6.07, 6.45) is -3.95. The molecule has 1 aromatic heterocycles. The Kier molecular flexibility index (Phi) is 6.03. The predicted molar refractivity (Wildman–Crippen MR) is 66.7 cm³/mol. The maximum atomic E-state index is 12.8. The molecule has 6 nitrogen and oxygen atoms in total. The normalized spacial score (nSPS) is 11.6. The summed E-state index contributed by atoms with van der Waals surface area (Å²) in [5.41, 5.74) is 0.558. The summed E-state index contributed by atoms with van der Waals surface area (Å²) in [5, 5.41) is 8.14. The molecule has 0 unspecified atom stereocenters. The summed E-state index contributed by atoms with van der Waals surface area (Å²) >= 11 is 0. The first-order valence-corrected chi connectivity index (χ1v) is 6.10. The van der Waals surface area contributed by atoms with Crippen LogP contribution in [0.5, 0.6) is 5.88 Å². The minimum atomic E-state index is -4.27. The van der Waals surface area contributed by atoms with Gasteiger partial charge in [-0.25, -0.2) is 13.8 Å². The van der Waals surface area contributed by atoms with Crippen molar-refractivity contribution in [2.75, 3.05) is 20.8 Å². The number of hydroxylamine groups is 2. The molecule has 0 spiro atoms. The van der Waals surface area contributed by atoms with Crippen LogP contribution in [0.15, 0.2) is 6.07 Å². The molecular formula is C12H15F4N3O3. The van der Waals surface area contributed by atoms with Crippen molar-refractivity contribution in [2.24, 2.45) is 0 Å². The molecule has 0 aliphatic carbocycles. The second-order valence-corrected chi connectivity index (χ2v) is 4.42. The van der Waals surface area contributed by atoms with E-state index in [9.17, 15) is 22.4 Å². The van der Waals surface area contributed by atoms with Crippen molar-refractivity contribution in [1.82, 2.24) is 15.3 Å². The number of ether oxygens (including phenoxy) is 1. The molecular weight excluding hydrogens is 310 g/mol. The Morgan fingerprint density at radius 1 is 1.41 bits per heavy atom. The molecule has 1 heterocycles. The Labute approximate surface area is 124 Å². The van der Waals surface area contributed by atoms with Crippen LogP contribution in [0.2, 0.25) is 0 Å². The Bertz CT molecular complexity index is 528. The van der Waals surface area contributed by atoms with Gasteiger partial charge in [0.25, 0.3) is 5.91 Å². The van der Waals surface area contributed by atoms with Crippen LogP contribution in [-0.2, 0) is 16.1 Å². The largest absolute Gasteiger partial charge is 0.470 e. The van der Waals surface area contributed by atoms with Gasteiger partial charge in [0.05, 0.1) is 19.2 Å². The van der Waals surface area contributed by atoms with Crippen LogP contribution < -0.4 is 4.74 Å². The van der Waals surface area contributed by atoms with E-state index >= 15 is 0 Å². The van der Waals surface area contributed by atoms with Crippen LogP contribution in [-0.4, -0.2) is 54.3 Å². The Balaban J connectivity index is 2.72. The zero-order chi connectivity index (χ0) is 16.9. The number of halogens is 4. The highest BCUT2D eigenvalue weighted by Gasteiger charge is 2.42. The van der Waals surface area contributed by atoms with Gasteiger partial charge in [-0.3, -0.25) is 9.63 Å². The van der Waals surface area contributed by atoms with E-state index in [2.05, 4.69) is 14.9 Å². The SMILES string of the molecule is CON(C)C(=O)Cc1cc(C)c(OCC(F)(F)C(F)F)nn1. The number of likely N-dealkylation sites (N-methyl/N-ethyl adjacent to an activating group) is 1. The molecule has 10 heteroatoms. The third-order valence-corrected chi connectivity index (χ3v) is 2.67. The molecule has 0 N–H and O–H groups in total. The molecule has 0 aliphatic heterocycles. The Hall–Kier alpha value is -1.97. The van der Waals surface area contributed by atoms with E-state index < -0.39 is 24.9 Å². The maximum Gasteiger partial charge on any atom is 0.340 e. The number of nitrogens with zero attached hydrogens (tertiary/aromatic N) is 3. The van der Waals surface area contributed by atoms with Crippen molar-refractivity contribution in [3.8, 4) is 5.88 Å². The van der Waals surface area contributed by atoms with Gasteiger partial charge in [-0.05, 0) is 13.0 Å². The maximum absolute atomic E-state index is 12.8. The Morgan fingerprint density at radius 2 is 2.05 bits per heavy atom. The lowest BCUT2D eigenvalue weighted by Crippen LogP contribution is -2.34. The van der Waals surface area contributed by atoms with Crippen molar-refractivity contribution in [2.45, 2.75) is 25.7 Å². The van der Waals surface area contributed by atoms with E-state index in [0.717, 1.165) is 5.06 Å². The second kappa shape index (κ2) is 7.34. The van der Waals surface area contributed by atoms with Crippen LogP contribution in [0.3, 0.4) is 0 Å². The van der Waals surface area contributed by atoms with E-state index in [-0.39, 0.29) is 18.0 Å². The molecule has 0 aliphatic rings. The summed E-state index contributed by atoms with van der Waals surface area (Å²) in [4.78, 5) is 16.3. The highest BCUT2D eigenvalue weighted by atomic mass is 19.3. The summed E-state index contributed by atoms with van der Waals surface area (Å²) in [6, 6.07) is 1.39. The predicted octanol–water partition coefficient (Wildman–Crippen LogP) is 1.63. The van der Waals surface area contributed by atoms with E-state index in [4.69, 9.17) is 4.84 Å². The van der Waals surface area contributed by atoms with E-state index in [1.165, 1.54) is 27.1 Å². The number of hydrogen-bond acceptors (Lipinski definition) is 5. The van der Waals surface area contributed by atoms with Crippen molar-refractivity contribution in [3.05, 3.63) is 17.3 Å². The molecule has 1 aromatic rings. The molecule has 0 radical (unpaired) electrons. The second-order valence-electron chi connectivity index (χ2n) is 4.42. The first-order valence-electron chi connectivity index (χ1n) is 6.10. The molecule has 0 saturated carbocycles. The van der Waals surface area contributed by atoms with Crippen molar-refractivity contribution < 1.29 is 31.9 Å². The van der Waals surface area contributed by atoms with Gasteiger partial charge >= 0.3 is 12.3 Å². The van der Waals surface area contributed by atoms with Crippen LogP contribution >= 0.6 is 0 Å². The Morgan fingerprint density at radius 3 is 2.55 bits per heavy atom. The third-order valence-electron chi connectivity index (χ3n) is 2.67. The molecule has 0 aromatic carbocycles. The first kappa shape index (κ1) is 18.1. The summed E-state index contributed by atoms with van der Waals surface area (Å²) in [5.74, 6) is -4.96. The van der Waals surface area contributed by atoms with Crippen molar-refractivity contribution >= 4 is 5.91 Å². The molecule has 0 fully saturated rings. The van der Waals surface area contributed by atoms with Gasteiger partial charge in [0.1, 0.15) is 0 Å². The minimum Gasteiger partial charge on any atom is -0.470 e. The minimum absolute atomic E-state index is 0.119. The van der Waals surface area contributed by atoms with E-state index in [0.29, 0.717) is 5.56 Å². The van der Waals surface area contributed by atoms with Gasteiger partial charge in [0.2, 0.25) is 5.88 Å². The van der Waals surface area contributed by atoms with Crippen molar-refractivity contribution in [3.63, 3.8) is 0 Å². The number of carbonyl (C=O) groups excluding carboxylic acids is 1. The van der Waals surface area contributed by atoms with Crippen molar-refractivity contribution in [1.29, 1.82) is 0 Å². The molecule has 22 heavy (non-hydrogen) atoms. The molecule has 1 rings (SSSR count). The lowest BCUT2D eigenvalue weighted by molar-refractivity contribution is -0.167. The lowest BCUT2D eigenvalue weighted by atomic mass is 10.2. The van der Waals surface area contributed by atoms with Gasteiger partial charge < -0.3 is 4.74 Å². The number of aromatic nitrogens is 2. The fourth-order valence-electron chi connectivity index (χ4n) is 1.35. The van der Waals surface area contributed by atoms with E-state index in [1.54, 1.807) is 0 Å². The number of aryl methyl sites for hydroxylation is 1. The third kappa shape index (κ3) is 4.79. The van der Waals surface area contributed by atoms with Gasteiger partial charge in [0, 0.05) is 12.6 Å². The lowest BCUT2D eigenvalue weighted by Gasteiger charge is -2.16. The molecule has 0 saturated heterocycles. The number of alkyl halides is 4. The topological polar surface area (TPSA) is 64.5 Å². The summed E-state index contributed by atoms with van der Waals surface area (Å²) in [7, 11) is 2.72. The molecule has 1 amide bonds. The number of amides is 1. The quantitative estimate of drug-likeness (QED) is 0.563. The standard InChI is InChI=1S/C12H15F4N3O3/c1-7-4-8(5-9(20)19(2)21-3)17-18-10(7)22-6-12(15,16)11(13)14/h4,11H,5-6H2,1-3H3. The molecule has 124 valence electrons. The van der Waals surface area contributed by atoms with Crippen LogP contribution in [0.4, 0.5) is 17.6 Å². The molecule has 0 atom stereocenters.